The van der Waals surface area contributed by atoms with Gasteiger partial charge >= 0.3 is 11.9 Å². The van der Waals surface area contributed by atoms with Crippen molar-refractivity contribution in [2.45, 2.75) is 23.2 Å². The van der Waals surface area contributed by atoms with E-state index in [1.165, 1.54) is 25.8 Å². The van der Waals surface area contributed by atoms with E-state index in [0.29, 0.717) is 35.2 Å². The average Bonchev–Trinajstić information content (AvgIpc) is 2.95. The van der Waals surface area contributed by atoms with Crippen molar-refractivity contribution < 1.29 is 33.3 Å². The zero-order chi connectivity index (χ0) is 24.7. The van der Waals surface area contributed by atoms with E-state index in [1.807, 2.05) is 18.2 Å². The van der Waals surface area contributed by atoms with Gasteiger partial charge in [-0.25, -0.2) is 4.79 Å². The molecule has 0 radical (unpaired) electrons. The van der Waals surface area contributed by atoms with Gasteiger partial charge in [-0.15, -0.1) is 11.8 Å². The molecule has 2 atom stereocenters. The van der Waals surface area contributed by atoms with Gasteiger partial charge in [0.15, 0.2) is 12.7 Å². The number of likely N-dealkylation sites (N-methyl/N-ethyl adjacent to an activating group) is 1. The number of fused-ring (bicyclic) bond motifs is 1. The molecule has 0 spiro atoms. The number of hydrogen-bond acceptors (Lipinski definition) is 9. The normalized spacial score (nSPS) is 17.4. The van der Waals surface area contributed by atoms with E-state index in [9.17, 15) is 14.4 Å². The molecule has 1 aliphatic rings. The monoisotopic (exact) mass is 488 g/mol. The van der Waals surface area contributed by atoms with E-state index < -0.39 is 23.3 Å². The summed E-state index contributed by atoms with van der Waals surface area (Å²) in [6, 6.07) is 12.5. The standard InChI is InChI=1S/C24H28N2O7S/c1-15(27)33-21-22(16-8-10-17(30-3)11-9-16)34-23-18(26(24(21)29)13-12-25-2)6-5-7-19(23)32-14-20(28)31-4/h5-11,21-22,25H,12-14H2,1-4H3/t21-,22+/m1/s1. The van der Waals surface area contributed by atoms with Crippen LogP contribution >= 0.6 is 11.8 Å². The lowest BCUT2D eigenvalue weighted by molar-refractivity contribution is -0.152. The largest absolute Gasteiger partial charge is 0.497 e. The minimum Gasteiger partial charge on any atom is -0.497 e. The Kier molecular flexibility index (Phi) is 8.78. The summed E-state index contributed by atoms with van der Waals surface area (Å²) in [5.74, 6) is -0.335. The molecular formula is C24H28N2O7S. The van der Waals surface area contributed by atoms with Crippen molar-refractivity contribution >= 4 is 35.3 Å². The van der Waals surface area contributed by atoms with Crippen LogP contribution < -0.4 is 19.7 Å². The van der Waals surface area contributed by atoms with Crippen molar-refractivity contribution in [1.29, 1.82) is 0 Å². The highest BCUT2D eigenvalue weighted by Gasteiger charge is 2.41. The van der Waals surface area contributed by atoms with Crippen LogP contribution in [0.1, 0.15) is 17.7 Å². The summed E-state index contributed by atoms with van der Waals surface area (Å²) in [5, 5.41) is 2.48. The van der Waals surface area contributed by atoms with Gasteiger partial charge in [-0.2, -0.15) is 0 Å². The summed E-state index contributed by atoms with van der Waals surface area (Å²) in [4.78, 5) is 39.7. The number of amides is 1. The summed E-state index contributed by atoms with van der Waals surface area (Å²) in [7, 11) is 4.65. The molecule has 2 aromatic rings. The number of thioether (sulfide) groups is 1. The van der Waals surface area contributed by atoms with Gasteiger partial charge in [0, 0.05) is 20.0 Å². The third kappa shape index (κ3) is 5.81. The predicted octanol–water partition coefficient (Wildman–Crippen LogP) is 2.58. The lowest BCUT2D eigenvalue weighted by Crippen LogP contribution is -2.45. The molecule has 0 bridgehead atoms. The SMILES string of the molecule is CNCCN1C(=O)[C@H](OC(C)=O)[C@H](c2ccc(OC)cc2)Sc2c(OCC(=O)OC)cccc21. The van der Waals surface area contributed by atoms with Gasteiger partial charge in [-0.05, 0) is 36.9 Å². The minimum atomic E-state index is -1.08. The second-order valence-corrected chi connectivity index (χ2v) is 8.56. The molecule has 0 aromatic heterocycles. The number of carbonyl (C=O) groups is 3. The van der Waals surface area contributed by atoms with Gasteiger partial charge < -0.3 is 29.2 Å². The molecule has 0 saturated carbocycles. The molecule has 182 valence electrons. The number of carbonyl (C=O) groups excluding carboxylic acids is 3. The third-order valence-corrected chi connectivity index (χ3v) is 6.59. The Labute approximate surface area is 202 Å². The number of esters is 2. The summed E-state index contributed by atoms with van der Waals surface area (Å²) < 4.78 is 21.3. The second kappa shape index (κ2) is 11.8. The van der Waals surface area contributed by atoms with E-state index in [-0.39, 0.29) is 12.5 Å². The lowest BCUT2D eigenvalue weighted by atomic mass is 10.1. The van der Waals surface area contributed by atoms with Crippen molar-refractivity contribution in [2.24, 2.45) is 0 Å². The Morgan fingerprint density at radius 1 is 1.12 bits per heavy atom. The number of anilines is 1. The molecule has 1 amide bonds. The maximum Gasteiger partial charge on any atom is 0.343 e. The first kappa shape index (κ1) is 25.4. The van der Waals surface area contributed by atoms with Gasteiger partial charge in [-0.1, -0.05) is 18.2 Å². The van der Waals surface area contributed by atoms with Crippen molar-refractivity contribution in [2.75, 3.05) is 45.9 Å². The molecule has 0 saturated heterocycles. The van der Waals surface area contributed by atoms with Gasteiger partial charge in [0.1, 0.15) is 11.5 Å². The van der Waals surface area contributed by atoms with Gasteiger partial charge in [0.05, 0.1) is 30.1 Å². The van der Waals surface area contributed by atoms with Crippen molar-refractivity contribution in [3.8, 4) is 11.5 Å². The van der Waals surface area contributed by atoms with Crippen LogP contribution in [0.3, 0.4) is 0 Å². The van der Waals surface area contributed by atoms with Crippen LogP contribution in [0, 0.1) is 0 Å². The quantitative estimate of drug-likeness (QED) is 0.534. The van der Waals surface area contributed by atoms with Crippen LogP contribution in [0.15, 0.2) is 47.4 Å². The molecule has 1 aliphatic heterocycles. The molecule has 10 heteroatoms. The number of benzene rings is 2. The first-order valence-corrected chi connectivity index (χ1v) is 11.5. The molecule has 34 heavy (non-hydrogen) atoms. The Balaban J connectivity index is 2.12. The molecule has 0 fully saturated rings. The van der Waals surface area contributed by atoms with Crippen LogP contribution in [0.4, 0.5) is 5.69 Å². The Hall–Kier alpha value is -3.24. The highest BCUT2D eigenvalue weighted by molar-refractivity contribution is 8.00. The number of ether oxygens (including phenoxy) is 4. The highest BCUT2D eigenvalue weighted by atomic mass is 32.2. The van der Waals surface area contributed by atoms with Crippen LogP contribution in [0.5, 0.6) is 11.5 Å². The van der Waals surface area contributed by atoms with Gasteiger partial charge in [0.25, 0.3) is 5.91 Å². The molecule has 0 aliphatic carbocycles. The molecule has 1 heterocycles. The Morgan fingerprint density at radius 2 is 1.85 bits per heavy atom. The Bertz CT molecular complexity index is 1030. The van der Waals surface area contributed by atoms with Crippen LogP contribution in [0.2, 0.25) is 0 Å². The van der Waals surface area contributed by atoms with Crippen molar-refractivity contribution in [3.05, 3.63) is 48.0 Å². The lowest BCUT2D eigenvalue weighted by Gasteiger charge is -2.27. The molecular weight excluding hydrogens is 460 g/mol. The van der Waals surface area contributed by atoms with Crippen molar-refractivity contribution in [3.63, 3.8) is 0 Å². The molecule has 0 unspecified atom stereocenters. The van der Waals surface area contributed by atoms with E-state index in [4.69, 9.17) is 18.9 Å². The summed E-state index contributed by atoms with van der Waals surface area (Å²) >= 11 is 1.34. The van der Waals surface area contributed by atoms with Gasteiger partial charge in [-0.3, -0.25) is 9.59 Å². The zero-order valence-electron chi connectivity index (χ0n) is 19.5. The first-order chi connectivity index (χ1) is 16.4. The molecule has 3 rings (SSSR count). The van der Waals surface area contributed by atoms with E-state index >= 15 is 0 Å². The molecule has 1 N–H and O–H groups in total. The number of rotatable bonds is 9. The van der Waals surface area contributed by atoms with E-state index in [0.717, 1.165) is 5.56 Å². The molecule has 9 nitrogen and oxygen atoms in total. The number of nitrogens with one attached hydrogen (secondary N) is 1. The topological polar surface area (TPSA) is 103 Å². The average molecular weight is 489 g/mol. The Morgan fingerprint density at radius 3 is 2.47 bits per heavy atom. The van der Waals surface area contributed by atoms with Crippen LogP contribution in [-0.4, -0.2) is 64.9 Å². The summed E-state index contributed by atoms with van der Waals surface area (Å²) in [6.07, 6.45) is -1.08. The maximum absolute atomic E-state index is 13.7. The zero-order valence-corrected chi connectivity index (χ0v) is 20.3. The van der Waals surface area contributed by atoms with Gasteiger partial charge in [0.2, 0.25) is 0 Å². The first-order valence-electron chi connectivity index (χ1n) is 10.7. The summed E-state index contributed by atoms with van der Waals surface area (Å²) in [6.45, 7) is 1.86. The predicted molar refractivity (Wildman–Crippen MR) is 127 cm³/mol. The fourth-order valence-electron chi connectivity index (χ4n) is 3.52. The fraction of sp³-hybridized carbons (Fsp3) is 0.375. The van der Waals surface area contributed by atoms with E-state index in [1.54, 1.807) is 43.3 Å². The van der Waals surface area contributed by atoms with Crippen LogP contribution in [-0.2, 0) is 23.9 Å². The smallest absolute Gasteiger partial charge is 0.343 e. The minimum absolute atomic E-state index is 0.279. The fourth-order valence-corrected chi connectivity index (χ4v) is 4.90. The van der Waals surface area contributed by atoms with Crippen LogP contribution in [0.25, 0.3) is 0 Å². The summed E-state index contributed by atoms with van der Waals surface area (Å²) in [5.41, 5.74) is 1.38. The number of hydrogen-bond donors (Lipinski definition) is 1. The maximum atomic E-state index is 13.7. The second-order valence-electron chi connectivity index (χ2n) is 7.40. The number of nitrogens with zero attached hydrogens (tertiary/aromatic N) is 1. The third-order valence-electron chi connectivity index (χ3n) is 5.17. The van der Waals surface area contributed by atoms with E-state index in [2.05, 4.69) is 5.32 Å². The number of methoxy groups -OCH3 is 2. The molecule has 2 aromatic carbocycles. The highest BCUT2D eigenvalue weighted by Crippen LogP contribution is 2.50. The van der Waals surface area contributed by atoms with Crippen molar-refractivity contribution in [1.82, 2.24) is 5.32 Å².